The van der Waals surface area contributed by atoms with Crippen molar-refractivity contribution in [2.75, 3.05) is 19.7 Å². The van der Waals surface area contributed by atoms with Crippen molar-refractivity contribution in [3.05, 3.63) is 59.7 Å². The lowest BCUT2D eigenvalue weighted by atomic mass is 9.91. The van der Waals surface area contributed by atoms with E-state index in [1.165, 1.54) is 24.0 Å². The van der Waals surface area contributed by atoms with Crippen molar-refractivity contribution in [2.45, 2.75) is 32.3 Å². The predicted octanol–water partition coefficient (Wildman–Crippen LogP) is 4.13. The van der Waals surface area contributed by atoms with Crippen LogP contribution in [0.1, 0.15) is 36.8 Å². The molecule has 1 N–H and O–H groups in total. The van der Waals surface area contributed by atoms with Gasteiger partial charge < -0.3 is 14.8 Å². The number of rotatable bonds is 6. The molecule has 23 heavy (non-hydrogen) atoms. The van der Waals surface area contributed by atoms with Crippen LogP contribution >= 0.6 is 0 Å². The highest BCUT2D eigenvalue weighted by molar-refractivity contribution is 5.44. The molecule has 1 heterocycles. The minimum absolute atomic E-state index is 0.563. The van der Waals surface area contributed by atoms with Crippen LogP contribution < -0.4 is 14.8 Å². The molecule has 0 saturated carbocycles. The molecule has 2 aromatic rings. The quantitative estimate of drug-likeness (QED) is 0.870. The van der Waals surface area contributed by atoms with E-state index in [0.29, 0.717) is 19.1 Å². The Morgan fingerprint density at radius 1 is 1.04 bits per heavy atom. The van der Waals surface area contributed by atoms with Gasteiger partial charge in [0.1, 0.15) is 6.61 Å². The molecule has 2 aromatic carbocycles. The number of nitrogens with one attached hydrogen (secondary N) is 1. The standard InChI is InChI=1S/C20H25NO2/c1-2-22-19-11-10-17(18-9-6-12-21-14-18)13-20(19)23-15-16-7-4-3-5-8-16/h3-5,7-8,10-11,13,18,21H,2,6,9,12,14-15H2,1H3. The molecule has 3 heteroatoms. The van der Waals surface area contributed by atoms with Crippen LogP contribution in [0.2, 0.25) is 0 Å². The number of piperidine rings is 1. The third-order valence-corrected chi connectivity index (χ3v) is 4.27. The fourth-order valence-electron chi connectivity index (χ4n) is 3.04. The van der Waals surface area contributed by atoms with E-state index >= 15 is 0 Å². The Morgan fingerprint density at radius 3 is 2.65 bits per heavy atom. The monoisotopic (exact) mass is 311 g/mol. The van der Waals surface area contributed by atoms with E-state index in [-0.39, 0.29) is 0 Å². The van der Waals surface area contributed by atoms with Crippen LogP contribution in [0.4, 0.5) is 0 Å². The maximum Gasteiger partial charge on any atom is 0.161 e. The van der Waals surface area contributed by atoms with Crippen molar-refractivity contribution in [3.63, 3.8) is 0 Å². The Labute approximate surface area is 138 Å². The van der Waals surface area contributed by atoms with E-state index in [0.717, 1.165) is 24.6 Å². The van der Waals surface area contributed by atoms with Gasteiger partial charge in [0.15, 0.2) is 11.5 Å². The topological polar surface area (TPSA) is 30.5 Å². The summed E-state index contributed by atoms with van der Waals surface area (Å²) in [6, 6.07) is 16.6. The first kappa shape index (κ1) is 15.9. The minimum Gasteiger partial charge on any atom is -0.490 e. The van der Waals surface area contributed by atoms with Gasteiger partial charge in [-0.1, -0.05) is 36.4 Å². The summed E-state index contributed by atoms with van der Waals surface area (Å²) in [4.78, 5) is 0. The third-order valence-electron chi connectivity index (χ3n) is 4.27. The van der Waals surface area contributed by atoms with Crippen LogP contribution in [-0.2, 0) is 6.61 Å². The summed E-state index contributed by atoms with van der Waals surface area (Å²) in [7, 11) is 0. The Kier molecular flexibility index (Phi) is 5.54. The molecule has 122 valence electrons. The number of hydrogen-bond donors (Lipinski definition) is 1. The lowest BCUT2D eigenvalue weighted by Gasteiger charge is -2.24. The second kappa shape index (κ2) is 8.02. The van der Waals surface area contributed by atoms with E-state index in [1.807, 2.05) is 31.2 Å². The summed E-state index contributed by atoms with van der Waals surface area (Å²) in [5, 5.41) is 3.48. The fraction of sp³-hybridized carbons (Fsp3) is 0.400. The Balaban J connectivity index is 1.76. The molecule has 1 atom stereocenters. The molecule has 0 radical (unpaired) electrons. The van der Waals surface area contributed by atoms with E-state index in [1.54, 1.807) is 0 Å². The van der Waals surface area contributed by atoms with Gasteiger partial charge in [-0.3, -0.25) is 0 Å². The molecule has 1 aliphatic rings. The van der Waals surface area contributed by atoms with E-state index in [2.05, 4.69) is 29.6 Å². The average molecular weight is 311 g/mol. The van der Waals surface area contributed by atoms with Gasteiger partial charge in [-0.2, -0.15) is 0 Å². The first-order valence-corrected chi connectivity index (χ1v) is 8.51. The van der Waals surface area contributed by atoms with Crippen LogP contribution in [0, 0.1) is 0 Å². The van der Waals surface area contributed by atoms with Crippen LogP contribution in [0.15, 0.2) is 48.5 Å². The number of benzene rings is 2. The lowest BCUT2D eigenvalue weighted by Crippen LogP contribution is -2.28. The molecule has 1 fully saturated rings. The summed E-state index contributed by atoms with van der Waals surface area (Å²) in [5.41, 5.74) is 2.50. The maximum atomic E-state index is 6.06. The van der Waals surface area contributed by atoms with Crippen molar-refractivity contribution < 1.29 is 9.47 Å². The smallest absolute Gasteiger partial charge is 0.161 e. The van der Waals surface area contributed by atoms with Gasteiger partial charge in [0.25, 0.3) is 0 Å². The first-order chi connectivity index (χ1) is 11.4. The van der Waals surface area contributed by atoms with Crippen LogP contribution in [0.3, 0.4) is 0 Å². The van der Waals surface area contributed by atoms with Crippen molar-refractivity contribution in [1.29, 1.82) is 0 Å². The molecule has 0 bridgehead atoms. The molecular weight excluding hydrogens is 286 g/mol. The molecule has 1 aliphatic heterocycles. The molecule has 0 amide bonds. The van der Waals surface area contributed by atoms with E-state index < -0.39 is 0 Å². The van der Waals surface area contributed by atoms with E-state index in [9.17, 15) is 0 Å². The van der Waals surface area contributed by atoms with Gasteiger partial charge in [-0.25, -0.2) is 0 Å². The van der Waals surface area contributed by atoms with Crippen molar-refractivity contribution >= 4 is 0 Å². The summed E-state index contributed by atoms with van der Waals surface area (Å²) in [5.74, 6) is 2.24. The van der Waals surface area contributed by atoms with Crippen LogP contribution in [0.5, 0.6) is 11.5 Å². The Morgan fingerprint density at radius 2 is 1.91 bits per heavy atom. The zero-order valence-electron chi connectivity index (χ0n) is 13.8. The second-order valence-corrected chi connectivity index (χ2v) is 5.96. The summed E-state index contributed by atoms with van der Waals surface area (Å²) < 4.78 is 11.8. The Bertz CT molecular complexity index is 606. The third kappa shape index (κ3) is 4.26. The van der Waals surface area contributed by atoms with Crippen molar-refractivity contribution in [2.24, 2.45) is 0 Å². The van der Waals surface area contributed by atoms with Crippen molar-refractivity contribution in [3.8, 4) is 11.5 Å². The van der Waals surface area contributed by atoms with E-state index in [4.69, 9.17) is 9.47 Å². The van der Waals surface area contributed by atoms with Crippen LogP contribution in [-0.4, -0.2) is 19.7 Å². The normalized spacial score (nSPS) is 17.7. The van der Waals surface area contributed by atoms with Gasteiger partial charge >= 0.3 is 0 Å². The SMILES string of the molecule is CCOc1ccc(C2CCCNC2)cc1OCc1ccccc1. The molecule has 1 unspecified atom stereocenters. The van der Waals surface area contributed by atoms with Gasteiger partial charge in [-0.15, -0.1) is 0 Å². The lowest BCUT2D eigenvalue weighted by molar-refractivity contribution is 0.268. The molecule has 3 nitrogen and oxygen atoms in total. The molecule has 0 aliphatic carbocycles. The van der Waals surface area contributed by atoms with Gasteiger partial charge in [0, 0.05) is 6.54 Å². The number of ether oxygens (including phenoxy) is 2. The van der Waals surface area contributed by atoms with Gasteiger partial charge in [0.2, 0.25) is 0 Å². The highest BCUT2D eigenvalue weighted by Gasteiger charge is 2.17. The minimum atomic E-state index is 0.563. The summed E-state index contributed by atoms with van der Waals surface area (Å²) in [6.45, 7) is 5.39. The van der Waals surface area contributed by atoms with Crippen molar-refractivity contribution in [1.82, 2.24) is 5.32 Å². The fourth-order valence-corrected chi connectivity index (χ4v) is 3.04. The molecule has 3 rings (SSSR count). The summed E-state index contributed by atoms with van der Waals surface area (Å²) >= 11 is 0. The summed E-state index contributed by atoms with van der Waals surface area (Å²) in [6.07, 6.45) is 2.47. The van der Waals surface area contributed by atoms with Crippen LogP contribution in [0.25, 0.3) is 0 Å². The van der Waals surface area contributed by atoms with Gasteiger partial charge in [0.05, 0.1) is 6.61 Å². The average Bonchev–Trinajstić information content (AvgIpc) is 2.63. The molecule has 1 saturated heterocycles. The first-order valence-electron chi connectivity index (χ1n) is 8.51. The highest BCUT2D eigenvalue weighted by Crippen LogP contribution is 2.33. The molecule has 0 spiro atoms. The predicted molar refractivity (Wildman–Crippen MR) is 93.2 cm³/mol. The largest absolute Gasteiger partial charge is 0.490 e. The Hall–Kier alpha value is -2.00. The molecule has 0 aromatic heterocycles. The highest BCUT2D eigenvalue weighted by atomic mass is 16.5. The maximum absolute atomic E-state index is 6.06. The second-order valence-electron chi connectivity index (χ2n) is 5.96. The zero-order valence-corrected chi connectivity index (χ0v) is 13.8. The molecular formula is C20H25NO2. The van der Waals surface area contributed by atoms with Gasteiger partial charge in [-0.05, 0) is 55.5 Å². The number of hydrogen-bond acceptors (Lipinski definition) is 3. The zero-order chi connectivity index (χ0) is 15.9.